The summed E-state index contributed by atoms with van der Waals surface area (Å²) in [7, 11) is -10.0. The molecule has 3 aromatic carbocycles. The van der Waals surface area contributed by atoms with Crippen LogP contribution in [0, 0.1) is 0 Å². The Balaban J connectivity index is 1.68. The van der Waals surface area contributed by atoms with E-state index >= 15 is 0 Å². The van der Waals surface area contributed by atoms with Crippen molar-refractivity contribution in [2.75, 3.05) is 16.4 Å². The van der Waals surface area contributed by atoms with Crippen LogP contribution in [0.3, 0.4) is 0 Å². The van der Waals surface area contributed by atoms with E-state index in [9.17, 15) is 35.5 Å². The number of rotatable bonds is 6. The maximum absolute atomic E-state index is 13.5. The zero-order valence-electron chi connectivity index (χ0n) is 20.0. The lowest BCUT2D eigenvalue weighted by Crippen LogP contribution is -2.25. The fourth-order valence-electron chi connectivity index (χ4n) is 4.18. The molecule has 0 radical (unpaired) electrons. The van der Waals surface area contributed by atoms with E-state index in [1.807, 2.05) is 0 Å². The predicted molar refractivity (Wildman–Crippen MR) is 147 cm³/mol. The summed E-state index contributed by atoms with van der Waals surface area (Å²) in [6.45, 7) is 0. The smallest absolute Gasteiger partial charge is 0.296 e. The Labute approximate surface area is 241 Å². The SMILES string of the molecule is Nc1c(S(=O)(=O)O)cc(Nc2ccc(Nc3nc(Cl)nc(Cl)n3)cc2S(=O)(=O)O)c2c1C(=O)c1ccccc1C2=O. The van der Waals surface area contributed by atoms with Gasteiger partial charge in [0.15, 0.2) is 11.6 Å². The predicted octanol–water partition coefficient (Wildman–Crippen LogP) is 3.52. The van der Waals surface area contributed by atoms with Gasteiger partial charge in [-0.15, -0.1) is 0 Å². The maximum Gasteiger partial charge on any atom is 0.296 e. The Kier molecular flexibility index (Phi) is 6.93. The minimum Gasteiger partial charge on any atom is -0.397 e. The van der Waals surface area contributed by atoms with Crippen molar-refractivity contribution >= 4 is 83.7 Å². The standard InChI is InChI=1S/C23H14Cl2N6O8S2/c24-21-29-22(25)31-23(30-21)27-9-5-6-12(14(7-9)40(34,35)36)28-13-8-15(41(37,38)39)18(26)17-16(13)19(32)10-3-1-2-4-11(10)20(17)33/h1-8,28H,26H2,(H,34,35,36)(H,37,38,39)(H,27,29,30,31). The lowest BCUT2D eigenvalue weighted by molar-refractivity contribution is 0.0980. The summed E-state index contributed by atoms with van der Waals surface area (Å²) in [5, 5.41) is 4.70. The summed E-state index contributed by atoms with van der Waals surface area (Å²) in [5.41, 5.74) is 3.61. The van der Waals surface area contributed by atoms with Crippen molar-refractivity contribution in [1.29, 1.82) is 0 Å². The molecule has 210 valence electrons. The fourth-order valence-corrected chi connectivity index (χ4v) is 5.86. The number of benzene rings is 3. The molecule has 0 spiro atoms. The van der Waals surface area contributed by atoms with Gasteiger partial charge in [0.1, 0.15) is 9.79 Å². The molecular formula is C23H14Cl2N6O8S2. The van der Waals surface area contributed by atoms with E-state index in [2.05, 4.69) is 25.6 Å². The maximum atomic E-state index is 13.5. The summed E-state index contributed by atoms with van der Waals surface area (Å²) < 4.78 is 68.7. The van der Waals surface area contributed by atoms with Gasteiger partial charge >= 0.3 is 0 Å². The van der Waals surface area contributed by atoms with Crippen LogP contribution in [0.25, 0.3) is 0 Å². The van der Waals surface area contributed by atoms with Gasteiger partial charge in [0, 0.05) is 16.8 Å². The first-order valence-electron chi connectivity index (χ1n) is 11.0. The van der Waals surface area contributed by atoms with Gasteiger partial charge in [-0.3, -0.25) is 18.7 Å². The molecule has 1 aromatic heterocycles. The van der Waals surface area contributed by atoms with Crippen LogP contribution < -0.4 is 16.4 Å². The normalized spacial score (nSPS) is 13.0. The van der Waals surface area contributed by atoms with Gasteiger partial charge in [-0.1, -0.05) is 24.3 Å². The monoisotopic (exact) mass is 636 g/mol. The molecule has 6 N–H and O–H groups in total. The molecule has 0 bridgehead atoms. The molecule has 14 nitrogen and oxygen atoms in total. The lowest BCUT2D eigenvalue weighted by atomic mass is 9.82. The van der Waals surface area contributed by atoms with Crippen molar-refractivity contribution in [1.82, 2.24) is 15.0 Å². The Bertz CT molecular complexity index is 2020. The number of nitrogens with zero attached hydrogens (tertiary/aromatic N) is 3. The number of anilines is 5. The van der Waals surface area contributed by atoms with E-state index < -0.39 is 58.5 Å². The van der Waals surface area contributed by atoms with E-state index in [0.717, 1.165) is 18.2 Å². The number of nitrogens with two attached hydrogens (primary N) is 1. The number of ketones is 2. The molecule has 0 amide bonds. The molecule has 0 saturated carbocycles. The first kappa shape index (κ1) is 28.3. The summed E-state index contributed by atoms with van der Waals surface area (Å²) in [5.74, 6) is -1.70. The van der Waals surface area contributed by atoms with E-state index in [-0.39, 0.29) is 44.6 Å². The van der Waals surface area contributed by atoms with Crippen LogP contribution in [-0.2, 0) is 20.2 Å². The van der Waals surface area contributed by atoms with Crippen molar-refractivity contribution in [3.8, 4) is 0 Å². The van der Waals surface area contributed by atoms with E-state index in [4.69, 9.17) is 28.9 Å². The van der Waals surface area contributed by atoms with Crippen molar-refractivity contribution in [3.05, 3.63) is 81.4 Å². The van der Waals surface area contributed by atoms with Gasteiger partial charge < -0.3 is 16.4 Å². The van der Waals surface area contributed by atoms with Gasteiger partial charge in [-0.05, 0) is 47.5 Å². The zero-order valence-corrected chi connectivity index (χ0v) is 23.1. The highest BCUT2D eigenvalue weighted by Crippen LogP contribution is 2.41. The van der Waals surface area contributed by atoms with Crippen LogP contribution in [0.1, 0.15) is 31.8 Å². The number of aromatic nitrogens is 3. The highest BCUT2D eigenvalue weighted by molar-refractivity contribution is 7.86. The van der Waals surface area contributed by atoms with Gasteiger partial charge in [0.05, 0.1) is 28.2 Å². The molecule has 5 rings (SSSR count). The van der Waals surface area contributed by atoms with Crippen LogP contribution in [0.2, 0.25) is 10.6 Å². The minimum atomic E-state index is -5.03. The quantitative estimate of drug-likeness (QED) is 0.132. The van der Waals surface area contributed by atoms with Crippen LogP contribution >= 0.6 is 23.2 Å². The molecule has 1 aliphatic carbocycles. The fraction of sp³-hybridized carbons (Fsp3) is 0. The van der Waals surface area contributed by atoms with Crippen molar-refractivity contribution in [2.45, 2.75) is 9.79 Å². The van der Waals surface area contributed by atoms with Crippen molar-refractivity contribution in [2.24, 2.45) is 0 Å². The van der Waals surface area contributed by atoms with Gasteiger partial charge in [-0.25, -0.2) is 0 Å². The Morgan fingerprint density at radius 3 is 1.83 bits per heavy atom. The lowest BCUT2D eigenvalue weighted by Gasteiger charge is -2.24. The second-order valence-electron chi connectivity index (χ2n) is 8.40. The first-order valence-corrected chi connectivity index (χ1v) is 14.6. The highest BCUT2D eigenvalue weighted by Gasteiger charge is 2.36. The summed E-state index contributed by atoms with van der Waals surface area (Å²) in [4.78, 5) is 36.3. The van der Waals surface area contributed by atoms with Gasteiger partial charge in [-0.2, -0.15) is 31.8 Å². The number of nitrogen functional groups attached to an aromatic ring is 1. The molecular weight excluding hydrogens is 623 g/mol. The Morgan fingerprint density at radius 1 is 0.707 bits per heavy atom. The Morgan fingerprint density at radius 2 is 1.27 bits per heavy atom. The van der Waals surface area contributed by atoms with E-state index in [1.54, 1.807) is 0 Å². The molecule has 0 saturated heterocycles. The zero-order chi connectivity index (χ0) is 29.9. The van der Waals surface area contributed by atoms with E-state index in [0.29, 0.717) is 0 Å². The third kappa shape index (κ3) is 5.31. The Hall–Kier alpha value is -4.19. The number of carbonyl (C=O) groups excluding carboxylic acids is 2. The topological polar surface area (TPSA) is 232 Å². The molecule has 1 heterocycles. The van der Waals surface area contributed by atoms with E-state index in [1.165, 1.54) is 30.3 Å². The third-order valence-electron chi connectivity index (χ3n) is 5.84. The largest absolute Gasteiger partial charge is 0.397 e. The van der Waals surface area contributed by atoms with Crippen molar-refractivity contribution < 1.29 is 35.5 Å². The third-order valence-corrected chi connectivity index (χ3v) is 7.97. The van der Waals surface area contributed by atoms with Crippen LogP contribution in [0.5, 0.6) is 0 Å². The first-order chi connectivity index (χ1) is 19.1. The molecule has 0 aliphatic heterocycles. The average molecular weight is 637 g/mol. The minimum absolute atomic E-state index is 0.0173. The molecule has 1 aliphatic rings. The molecule has 0 fully saturated rings. The van der Waals surface area contributed by atoms with Gasteiger partial charge in [0.2, 0.25) is 16.5 Å². The van der Waals surface area contributed by atoms with Crippen LogP contribution in [0.15, 0.2) is 58.3 Å². The van der Waals surface area contributed by atoms with Crippen molar-refractivity contribution in [3.63, 3.8) is 0 Å². The second kappa shape index (κ2) is 10.0. The number of halogens is 2. The molecule has 0 atom stereocenters. The summed E-state index contributed by atoms with van der Waals surface area (Å²) in [6.07, 6.45) is 0. The summed E-state index contributed by atoms with van der Waals surface area (Å²) >= 11 is 11.5. The average Bonchev–Trinajstić information content (AvgIpc) is 2.87. The summed E-state index contributed by atoms with van der Waals surface area (Å²) in [6, 6.07) is 9.90. The number of nitrogens with one attached hydrogen (secondary N) is 2. The number of fused-ring (bicyclic) bond motifs is 2. The van der Waals surface area contributed by atoms with Crippen LogP contribution in [0.4, 0.5) is 28.7 Å². The number of hydrogen-bond donors (Lipinski definition) is 5. The molecule has 41 heavy (non-hydrogen) atoms. The molecule has 0 unspecified atom stereocenters. The molecule has 18 heteroatoms. The number of hydrogen-bond acceptors (Lipinski definition) is 12. The molecule has 4 aromatic rings. The highest BCUT2D eigenvalue weighted by atomic mass is 35.5. The second-order valence-corrected chi connectivity index (χ2v) is 11.9. The van der Waals surface area contributed by atoms with Crippen LogP contribution in [-0.4, -0.2) is 52.5 Å². The van der Waals surface area contributed by atoms with Gasteiger partial charge in [0.25, 0.3) is 20.2 Å². The number of carbonyl (C=O) groups is 2.